The first-order valence-corrected chi connectivity index (χ1v) is 9.66. The highest BCUT2D eigenvalue weighted by Crippen LogP contribution is 2.24. The van der Waals surface area contributed by atoms with Gasteiger partial charge in [-0.1, -0.05) is 34.4 Å². The number of ether oxygens (including phenoxy) is 1. The average Bonchev–Trinajstić information content (AvgIpc) is 3.40. The van der Waals surface area contributed by atoms with Crippen molar-refractivity contribution in [2.75, 3.05) is 12.4 Å². The van der Waals surface area contributed by atoms with Gasteiger partial charge in [-0.25, -0.2) is 0 Å². The number of hydrogen-bond donors (Lipinski definition) is 1. The number of carbonyl (C=O) groups excluding carboxylic acids is 1. The molecule has 2 heterocycles. The summed E-state index contributed by atoms with van der Waals surface area (Å²) in [5.41, 5.74) is 2.34. The molecule has 4 aromatic rings. The van der Waals surface area contributed by atoms with Gasteiger partial charge in [-0.05, 0) is 42.0 Å². The molecule has 0 fully saturated rings. The highest BCUT2D eigenvalue weighted by molar-refractivity contribution is 6.35. The van der Waals surface area contributed by atoms with Crippen LogP contribution in [0.3, 0.4) is 0 Å². The van der Waals surface area contributed by atoms with Gasteiger partial charge >= 0.3 is 0 Å². The minimum atomic E-state index is -0.400. The zero-order valence-electron chi connectivity index (χ0n) is 15.8. The molecule has 1 N–H and O–H groups in total. The van der Waals surface area contributed by atoms with Crippen molar-refractivity contribution in [1.29, 1.82) is 0 Å². The van der Waals surface area contributed by atoms with Crippen LogP contribution in [0.1, 0.15) is 16.1 Å². The Morgan fingerprint density at radius 3 is 2.70 bits per heavy atom. The normalized spacial score (nSPS) is 10.8. The van der Waals surface area contributed by atoms with E-state index in [9.17, 15) is 4.79 Å². The van der Waals surface area contributed by atoms with Crippen molar-refractivity contribution in [3.8, 4) is 17.1 Å². The predicted molar refractivity (Wildman–Crippen MR) is 114 cm³/mol. The standard InChI is InChI=1S/C21H16Cl2N4O3/c1-29-17-6-3-13(4-7-17)20-9-19(26-30-20)21(28)25-16-10-24-27(12-16)11-14-2-5-15(22)8-18(14)23/h2-10,12H,11H2,1H3,(H,25,28). The minimum absolute atomic E-state index is 0.161. The highest BCUT2D eigenvalue weighted by Gasteiger charge is 2.15. The Morgan fingerprint density at radius 1 is 1.17 bits per heavy atom. The molecule has 0 unspecified atom stereocenters. The van der Waals surface area contributed by atoms with Crippen molar-refractivity contribution >= 4 is 34.8 Å². The van der Waals surface area contributed by atoms with E-state index >= 15 is 0 Å². The molecule has 0 bridgehead atoms. The molecule has 2 aromatic heterocycles. The van der Waals surface area contributed by atoms with Crippen LogP contribution in [0.5, 0.6) is 5.75 Å². The monoisotopic (exact) mass is 442 g/mol. The molecule has 9 heteroatoms. The van der Waals surface area contributed by atoms with Gasteiger partial charge in [-0.2, -0.15) is 5.10 Å². The summed E-state index contributed by atoms with van der Waals surface area (Å²) in [4.78, 5) is 12.5. The van der Waals surface area contributed by atoms with Crippen molar-refractivity contribution in [2.45, 2.75) is 6.54 Å². The third-order valence-corrected chi connectivity index (χ3v) is 4.94. The summed E-state index contributed by atoms with van der Waals surface area (Å²) in [7, 11) is 1.60. The van der Waals surface area contributed by atoms with E-state index in [1.54, 1.807) is 54.5 Å². The number of rotatable bonds is 6. The largest absolute Gasteiger partial charge is 0.497 e. The molecule has 152 valence electrons. The van der Waals surface area contributed by atoms with Gasteiger partial charge in [0, 0.05) is 27.9 Å². The van der Waals surface area contributed by atoms with E-state index in [4.69, 9.17) is 32.5 Å². The number of aromatic nitrogens is 3. The number of anilines is 1. The lowest BCUT2D eigenvalue weighted by molar-refractivity contribution is 0.101. The minimum Gasteiger partial charge on any atom is -0.497 e. The van der Waals surface area contributed by atoms with E-state index in [1.165, 1.54) is 0 Å². The van der Waals surface area contributed by atoms with Crippen LogP contribution in [-0.2, 0) is 6.54 Å². The number of nitrogens with one attached hydrogen (secondary N) is 1. The first kappa shape index (κ1) is 20.0. The smallest absolute Gasteiger partial charge is 0.277 e. The number of hydrogen-bond acceptors (Lipinski definition) is 5. The van der Waals surface area contributed by atoms with Gasteiger partial charge in [-0.15, -0.1) is 0 Å². The second kappa shape index (κ2) is 8.61. The molecule has 0 aliphatic rings. The van der Waals surface area contributed by atoms with Crippen molar-refractivity contribution in [3.05, 3.63) is 82.2 Å². The SMILES string of the molecule is COc1ccc(-c2cc(C(=O)Nc3cnn(Cc4ccc(Cl)cc4Cl)c3)no2)cc1. The van der Waals surface area contributed by atoms with Crippen molar-refractivity contribution in [1.82, 2.24) is 14.9 Å². The zero-order chi connectivity index (χ0) is 21.1. The second-order valence-corrected chi connectivity index (χ2v) is 7.26. The number of benzene rings is 2. The van der Waals surface area contributed by atoms with Crippen LogP contribution < -0.4 is 10.1 Å². The quantitative estimate of drug-likeness (QED) is 0.446. The lowest BCUT2D eigenvalue weighted by Crippen LogP contribution is -2.11. The van der Waals surface area contributed by atoms with Crippen molar-refractivity contribution in [2.24, 2.45) is 0 Å². The van der Waals surface area contributed by atoms with Gasteiger partial charge in [0.15, 0.2) is 11.5 Å². The molecule has 0 aliphatic carbocycles. The third kappa shape index (κ3) is 4.48. The number of nitrogens with zero attached hydrogens (tertiary/aromatic N) is 3. The molecule has 0 saturated heterocycles. The Bertz CT molecular complexity index is 1190. The lowest BCUT2D eigenvalue weighted by atomic mass is 10.1. The van der Waals surface area contributed by atoms with Crippen molar-refractivity contribution < 1.29 is 14.1 Å². The molecular formula is C21H16Cl2N4O3. The Hall–Kier alpha value is -3.29. The van der Waals surface area contributed by atoms with E-state index in [0.29, 0.717) is 28.0 Å². The van der Waals surface area contributed by atoms with Gasteiger partial charge in [0.05, 0.1) is 25.5 Å². The van der Waals surface area contributed by atoms with Crippen LogP contribution in [0.4, 0.5) is 5.69 Å². The molecule has 7 nitrogen and oxygen atoms in total. The van der Waals surface area contributed by atoms with Crippen molar-refractivity contribution in [3.63, 3.8) is 0 Å². The Kier molecular flexibility index (Phi) is 5.74. The maximum Gasteiger partial charge on any atom is 0.277 e. The van der Waals surface area contributed by atoms with Crippen LogP contribution in [0.25, 0.3) is 11.3 Å². The fourth-order valence-electron chi connectivity index (χ4n) is 2.81. The Balaban J connectivity index is 1.42. The molecule has 0 radical (unpaired) electrons. The Morgan fingerprint density at radius 2 is 1.97 bits per heavy atom. The summed E-state index contributed by atoms with van der Waals surface area (Å²) >= 11 is 12.1. The second-order valence-electron chi connectivity index (χ2n) is 6.42. The molecular weight excluding hydrogens is 427 g/mol. The van der Waals surface area contributed by atoms with Gasteiger partial charge in [0.25, 0.3) is 5.91 Å². The Labute approximate surface area is 182 Å². The van der Waals surface area contributed by atoms with E-state index in [1.807, 2.05) is 18.2 Å². The van der Waals surface area contributed by atoms with Crippen LogP contribution >= 0.6 is 23.2 Å². The van der Waals surface area contributed by atoms with Gasteiger partial charge < -0.3 is 14.6 Å². The summed E-state index contributed by atoms with van der Waals surface area (Å²) in [5, 5.41) is 12.0. The lowest BCUT2D eigenvalue weighted by Gasteiger charge is -2.05. The highest BCUT2D eigenvalue weighted by atomic mass is 35.5. The summed E-state index contributed by atoms with van der Waals surface area (Å²) in [6, 6.07) is 14.1. The van der Waals surface area contributed by atoms with E-state index in [0.717, 1.165) is 16.9 Å². The number of amides is 1. The van der Waals surface area contributed by atoms with Gasteiger partial charge in [0.2, 0.25) is 0 Å². The average molecular weight is 443 g/mol. The summed E-state index contributed by atoms with van der Waals surface area (Å²) in [6.07, 6.45) is 3.25. The first-order valence-electron chi connectivity index (χ1n) is 8.91. The van der Waals surface area contributed by atoms with Gasteiger partial charge in [0.1, 0.15) is 5.75 Å². The first-order chi connectivity index (χ1) is 14.5. The molecule has 2 aromatic carbocycles. The van der Waals surface area contributed by atoms with E-state index in [-0.39, 0.29) is 5.69 Å². The van der Waals surface area contributed by atoms with Crippen LogP contribution in [-0.4, -0.2) is 28.0 Å². The number of halogens is 2. The van der Waals surface area contributed by atoms with E-state index < -0.39 is 5.91 Å². The fraction of sp³-hybridized carbons (Fsp3) is 0.0952. The fourth-order valence-corrected chi connectivity index (χ4v) is 3.28. The summed E-state index contributed by atoms with van der Waals surface area (Å²) < 4.78 is 12.1. The van der Waals surface area contributed by atoms with Crippen LogP contribution in [0, 0.1) is 0 Å². The summed E-state index contributed by atoms with van der Waals surface area (Å²) in [6.45, 7) is 0.442. The summed E-state index contributed by atoms with van der Waals surface area (Å²) in [5.74, 6) is 0.812. The molecule has 4 rings (SSSR count). The van der Waals surface area contributed by atoms with Gasteiger partial charge in [-0.3, -0.25) is 9.48 Å². The molecule has 0 aliphatic heterocycles. The maximum atomic E-state index is 12.5. The van der Waals surface area contributed by atoms with Crippen LogP contribution in [0.2, 0.25) is 10.0 Å². The molecule has 1 amide bonds. The maximum absolute atomic E-state index is 12.5. The number of carbonyl (C=O) groups is 1. The molecule has 30 heavy (non-hydrogen) atoms. The molecule has 0 saturated carbocycles. The zero-order valence-corrected chi connectivity index (χ0v) is 17.3. The third-order valence-electron chi connectivity index (χ3n) is 4.36. The van der Waals surface area contributed by atoms with E-state index in [2.05, 4.69) is 15.6 Å². The van der Waals surface area contributed by atoms with Crippen LogP contribution in [0.15, 0.2) is 65.4 Å². The molecule has 0 atom stereocenters. The number of methoxy groups -OCH3 is 1. The predicted octanol–water partition coefficient (Wildman–Crippen LogP) is 5.15. The molecule has 0 spiro atoms. The topological polar surface area (TPSA) is 82.2 Å².